The average molecular weight is 587 g/mol. The Bertz CT molecular complexity index is 1020. The largest absolute Gasteiger partial charge is 0.478 e. The maximum Gasteiger partial charge on any atom is 0.333 e. The van der Waals surface area contributed by atoms with Crippen molar-refractivity contribution in [3.63, 3.8) is 0 Å². The molecule has 0 aliphatic rings. The molecule has 1 atom stereocenters. The van der Waals surface area contributed by atoms with Crippen molar-refractivity contribution in [3.8, 4) is 0 Å². The third kappa shape index (κ3) is 23.6. The fraction of sp³-hybridized carbons (Fsp3) is 0.394. The first-order chi connectivity index (χ1) is 20.1. The van der Waals surface area contributed by atoms with Crippen LogP contribution in [0.1, 0.15) is 57.9 Å². The highest BCUT2D eigenvalue weighted by atomic mass is 16.5. The molecule has 0 aliphatic heterocycles. The van der Waals surface area contributed by atoms with Crippen LogP contribution in [0.5, 0.6) is 0 Å². The molecule has 1 rings (SSSR count). The van der Waals surface area contributed by atoms with Crippen molar-refractivity contribution in [1.29, 1.82) is 0 Å². The quantitative estimate of drug-likeness (QED) is 0.131. The average Bonchev–Trinajstić information content (AvgIpc) is 3.00. The second-order valence-electron chi connectivity index (χ2n) is 8.77. The lowest BCUT2D eigenvalue weighted by atomic mass is 10.0. The van der Waals surface area contributed by atoms with E-state index in [0.29, 0.717) is 24.5 Å². The van der Waals surface area contributed by atoms with Crippen LogP contribution < -0.4 is 0 Å². The fourth-order valence-electron chi connectivity index (χ4n) is 2.91. The summed E-state index contributed by atoms with van der Waals surface area (Å²) in [5.41, 5.74) is 1.72. The number of rotatable bonds is 17. The minimum atomic E-state index is -1.08. The van der Waals surface area contributed by atoms with E-state index in [-0.39, 0.29) is 37.1 Å². The Kier molecular flexibility index (Phi) is 25.6. The smallest absolute Gasteiger partial charge is 0.333 e. The molecule has 9 nitrogen and oxygen atoms in total. The molecule has 0 saturated heterocycles. The number of ether oxygens (including phenoxy) is 3. The SMILES string of the molecule is C=C(CC=CC(=O)O)C(=O)OCCO.C=C(CC=Cc1ccccc1)C(=O)OC.C=CC(=O)OCC(CC)CCCC. The molecule has 0 aromatic heterocycles. The second-order valence-corrected chi connectivity index (χ2v) is 8.77. The van der Waals surface area contributed by atoms with E-state index in [1.54, 1.807) is 0 Å². The van der Waals surface area contributed by atoms with E-state index in [0.717, 1.165) is 24.5 Å². The molecule has 0 heterocycles. The van der Waals surface area contributed by atoms with Crippen LogP contribution in [-0.2, 0) is 33.4 Å². The number of hydrogen-bond acceptors (Lipinski definition) is 8. The van der Waals surface area contributed by atoms with Crippen molar-refractivity contribution < 1.29 is 43.6 Å². The maximum atomic E-state index is 11.0. The van der Waals surface area contributed by atoms with Crippen molar-refractivity contribution in [2.45, 2.75) is 52.4 Å². The van der Waals surface area contributed by atoms with Crippen LogP contribution in [0.4, 0.5) is 0 Å². The van der Waals surface area contributed by atoms with Gasteiger partial charge in [0, 0.05) is 23.3 Å². The molecule has 42 heavy (non-hydrogen) atoms. The Morgan fingerprint density at radius 2 is 1.57 bits per heavy atom. The van der Waals surface area contributed by atoms with E-state index in [9.17, 15) is 19.2 Å². The number of methoxy groups -OCH3 is 1. The zero-order valence-corrected chi connectivity index (χ0v) is 25.1. The van der Waals surface area contributed by atoms with E-state index >= 15 is 0 Å². The Balaban J connectivity index is 0. The van der Waals surface area contributed by atoms with Gasteiger partial charge in [0.15, 0.2) is 0 Å². The molecule has 0 amide bonds. The van der Waals surface area contributed by atoms with E-state index in [4.69, 9.17) is 14.9 Å². The highest BCUT2D eigenvalue weighted by molar-refractivity contribution is 5.88. The monoisotopic (exact) mass is 586 g/mol. The normalized spacial score (nSPS) is 10.8. The van der Waals surface area contributed by atoms with Crippen molar-refractivity contribution in [1.82, 2.24) is 0 Å². The van der Waals surface area contributed by atoms with Gasteiger partial charge in [-0.05, 0) is 30.7 Å². The molecule has 0 radical (unpaired) electrons. The van der Waals surface area contributed by atoms with Crippen molar-refractivity contribution >= 4 is 30.0 Å². The van der Waals surface area contributed by atoms with Crippen LogP contribution in [0.25, 0.3) is 6.08 Å². The van der Waals surface area contributed by atoms with Crippen LogP contribution in [-0.4, -0.2) is 61.0 Å². The molecule has 0 aliphatic carbocycles. The van der Waals surface area contributed by atoms with E-state index in [1.165, 1.54) is 32.1 Å². The Morgan fingerprint density at radius 1 is 0.952 bits per heavy atom. The summed E-state index contributed by atoms with van der Waals surface area (Å²) in [6.45, 7) is 14.9. The number of aliphatic carboxylic acids is 1. The van der Waals surface area contributed by atoms with E-state index in [2.05, 4.69) is 43.1 Å². The summed E-state index contributed by atoms with van der Waals surface area (Å²) < 4.78 is 14.1. The van der Waals surface area contributed by atoms with Gasteiger partial charge in [-0.25, -0.2) is 19.2 Å². The van der Waals surface area contributed by atoms with Crippen molar-refractivity contribution in [2.75, 3.05) is 26.9 Å². The Morgan fingerprint density at radius 3 is 2.10 bits per heavy atom. The number of carbonyl (C=O) groups excluding carboxylic acids is 3. The van der Waals surface area contributed by atoms with Gasteiger partial charge < -0.3 is 24.4 Å². The first kappa shape index (κ1) is 39.9. The zero-order chi connectivity index (χ0) is 32.2. The number of aliphatic hydroxyl groups excluding tert-OH is 1. The fourth-order valence-corrected chi connectivity index (χ4v) is 2.91. The molecule has 0 bridgehead atoms. The zero-order valence-electron chi connectivity index (χ0n) is 25.1. The van der Waals surface area contributed by atoms with E-state index < -0.39 is 11.9 Å². The molecule has 9 heteroatoms. The molecule has 1 unspecified atom stereocenters. The van der Waals surface area contributed by atoms with Crippen LogP contribution in [0, 0.1) is 5.92 Å². The number of carboxylic acid groups (broad SMARTS) is 1. The first-order valence-corrected chi connectivity index (χ1v) is 13.7. The number of aliphatic hydroxyl groups is 1. The van der Waals surface area contributed by atoms with Crippen LogP contribution in [0.3, 0.4) is 0 Å². The first-order valence-electron chi connectivity index (χ1n) is 13.7. The Hall–Kier alpha value is -4.24. The van der Waals surface area contributed by atoms with E-state index in [1.807, 2.05) is 42.5 Å². The second kappa shape index (κ2) is 27.0. The van der Waals surface area contributed by atoms with Gasteiger partial charge in [-0.15, -0.1) is 0 Å². The number of benzene rings is 1. The molecular weight excluding hydrogens is 540 g/mol. The molecule has 2 N–H and O–H groups in total. The molecule has 0 spiro atoms. The minimum Gasteiger partial charge on any atom is -0.478 e. The summed E-state index contributed by atoms with van der Waals surface area (Å²) in [5.74, 6) is -1.86. The number of esters is 3. The lowest BCUT2D eigenvalue weighted by molar-refractivity contribution is -0.140. The van der Waals surface area contributed by atoms with Crippen molar-refractivity contribution in [3.05, 3.63) is 91.1 Å². The summed E-state index contributed by atoms with van der Waals surface area (Å²) in [5, 5.41) is 16.6. The maximum absolute atomic E-state index is 11.0. The topological polar surface area (TPSA) is 136 Å². The van der Waals surface area contributed by atoms with Gasteiger partial charge in [-0.3, -0.25) is 0 Å². The van der Waals surface area contributed by atoms with Gasteiger partial charge >= 0.3 is 23.9 Å². The summed E-state index contributed by atoms with van der Waals surface area (Å²) >= 11 is 0. The third-order valence-electron chi connectivity index (χ3n) is 5.36. The molecule has 1 aromatic rings. The summed E-state index contributed by atoms with van der Waals surface area (Å²) in [4.78, 5) is 42.8. The standard InChI is InChI=1S/C13H14O2.C11H20O2.C9H12O5/c1-11(13(14)15-2)7-6-10-12-8-4-3-5-9-12;1-4-7-8-10(5-2)9-13-11(12)6-3;1-7(3-2-4-8(11)12)9(13)14-6-5-10/h3-6,8-10H,1,7H2,2H3;6,10H,3-5,7-9H2,1-2H3;2,4,10H,1,3,5-6H2,(H,11,12). The molecule has 1 aromatic carbocycles. The summed E-state index contributed by atoms with van der Waals surface area (Å²) in [6.07, 6.45) is 12.6. The highest BCUT2D eigenvalue weighted by Crippen LogP contribution is 2.12. The highest BCUT2D eigenvalue weighted by Gasteiger charge is 2.08. The number of unbranched alkanes of at least 4 members (excludes halogenated alkanes) is 1. The van der Waals surface area contributed by atoms with Crippen LogP contribution >= 0.6 is 0 Å². The van der Waals surface area contributed by atoms with Gasteiger partial charge in [0.2, 0.25) is 0 Å². The third-order valence-corrected chi connectivity index (χ3v) is 5.36. The predicted octanol–water partition coefficient (Wildman–Crippen LogP) is 5.86. The lowest BCUT2D eigenvalue weighted by Crippen LogP contribution is -2.12. The molecule has 0 fully saturated rings. The molecule has 232 valence electrons. The van der Waals surface area contributed by atoms with Gasteiger partial charge in [0.05, 0.1) is 20.3 Å². The van der Waals surface area contributed by atoms with Gasteiger partial charge in [-0.1, -0.05) is 101 Å². The predicted molar refractivity (Wildman–Crippen MR) is 164 cm³/mol. The van der Waals surface area contributed by atoms with Crippen LogP contribution in [0.2, 0.25) is 0 Å². The minimum absolute atomic E-state index is 0.0828. The molecular formula is C33H46O9. The number of allylic oxidation sites excluding steroid dienone is 2. The van der Waals surface area contributed by atoms with Gasteiger partial charge in [0.25, 0.3) is 0 Å². The summed E-state index contributed by atoms with van der Waals surface area (Å²) in [6, 6.07) is 9.89. The number of hydrogen-bond donors (Lipinski definition) is 2. The Labute approximate surface area is 249 Å². The summed E-state index contributed by atoms with van der Waals surface area (Å²) in [7, 11) is 1.36. The van der Waals surface area contributed by atoms with Crippen LogP contribution in [0.15, 0.2) is 85.5 Å². The lowest BCUT2D eigenvalue weighted by Gasteiger charge is -2.13. The molecule has 0 saturated carbocycles. The number of carbonyl (C=O) groups is 4. The van der Waals surface area contributed by atoms with Gasteiger partial charge in [-0.2, -0.15) is 0 Å². The number of carboxylic acids is 1. The van der Waals surface area contributed by atoms with Crippen molar-refractivity contribution in [2.24, 2.45) is 5.92 Å². The van der Waals surface area contributed by atoms with Gasteiger partial charge in [0.1, 0.15) is 6.61 Å².